The molecule has 1 fully saturated rings. The average molecular weight is 577 g/mol. The molecular formula is C27H28F4N6O2S. The van der Waals surface area contributed by atoms with Crippen molar-refractivity contribution in [2.75, 3.05) is 10.5 Å². The van der Waals surface area contributed by atoms with E-state index in [-0.39, 0.29) is 35.1 Å². The lowest BCUT2D eigenvalue weighted by Gasteiger charge is -2.27. The van der Waals surface area contributed by atoms with E-state index in [0.29, 0.717) is 29.1 Å². The molecule has 1 aliphatic carbocycles. The van der Waals surface area contributed by atoms with E-state index in [9.17, 15) is 17.2 Å². The zero-order valence-corrected chi connectivity index (χ0v) is 22.6. The van der Waals surface area contributed by atoms with E-state index in [1.165, 1.54) is 0 Å². The first kappa shape index (κ1) is 27.8. The maximum absolute atomic E-state index is 15.5. The minimum Gasteiger partial charge on any atom is -0.383 e. The van der Waals surface area contributed by atoms with Crippen LogP contribution in [0.5, 0.6) is 0 Å². The first-order valence-corrected chi connectivity index (χ1v) is 14.2. The van der Waals surface area contributed by atoms with Gasteiger partial charge in [0.15, 0.2) is 0 Å². The number of anilines is 2. The highest BCUT2D eigenvalue weighted by Crippen LogP contribution is 2.42. The number of aromatic nitrogens is 3. The van der Waals surface area contributed by atoms with Crippen LogP contribution in [0.15, 0.2) is 41.4 Å². The number of halogens is 4. The second-order valence-electron chi connectivity index (χ2n) is 10.3. The van der Waals surface area contributed by atoms with E-state index in [1.54, 1.807) is 15.6 Å². The van der Waals surface area contributed by atoms with E-state index < -0.39 is 43.9 Å². The van der Waals surface area contributed by atoms with Crippen LogP contribution < -0.4 is 16.2 Å². The number of rotatable bonds is 6. The molecule has 0 saturated heterocycles. The number of nitrogens with zero attached hydrogens (tertiary/aromatic N) is 3. The van der Waals surface area contributed by atoms with Gasteiger partial charge in [0.25, 0.3) is 10.0 Å². The van der Waals surface area contributed by atoms with Crippen LogP contribution in [-0.2, 0) is 10.0 Å². The molecule has 212 valence electrons. The Bertz CT molecular complexity index is 1720. The summed E-state index contributed by atoms with van der Waals surface area (Å²) in [6.07, 6.45) is 5.06. The molecule has 40 heavy (non-hydrogen) atoms. The Hall–Kier alpha value is -3.71. The second kappa shape index (κ2) is 10.4. The Morgan fingerprint density at radius 3 is 2.38 bits per heavy atom. The number of nitrogen functional groups attached to an aromatic ring is 1. The Morgan fingerprint density at radius 2 is 1.70 bits per heavy atom. The van der Waals surface area contributed by atoms with Gasteiger partial charge in [0, 0.05) is 29.9 Å². The van der Waals surface area contributed by atoms with Crippen LogP contribution in [0.25, 0.3) is 22.2 Å². The van der Waals surface area contributed by atoms with Crippen molar-refractivity contribution in [2.24, 2.45) is 5.73 Å². The number of hydrogen-bond acceptors (Lipinski definition) is 6. The minimum absolute atomic E-state index is 0.0463. The Morgan fingerprint density at radius 1 is 1.00 bits per heavy atom. The Kier molecular flexibility index (Phi) is 7.21. The lowest BCUT2D eigenvalue weighted by atomic mass is 9.82. The predicted octanol–water partition coefficient (Wildman–Crippen LogP) is 5.60. The molecule has 0 aliphatic heterocycles. The Balaban J connectivity index is 1.61. The van der Waals surface area contributed by atoms with E-state index in [2.05, 4.69) is 10.1 Å². The van der Waals surface area contributed by atoms with Gasteiger partial charge in [-0.2, -0.15) is 5.10 Å². The number of fused-ring (bicyclic) bond motifs is 1. The van der Waals surface area contributed by atoms with E-state index >= 15 is 8.78 Å². The summed E-state index contributed by atoms with van der Waals surface area (Å²) < 4.78 is 87.2. The van der Waals surface area contributed by atoms with Crippen LogP contribution in [0, 0.1) is 23.3 Å². The molecule has 0 unspecified atom stereocenters. The topological polar surface area (TPSA) is 129 Å². The normalized spacial score (nSPS) is 18.0. The molecule has 0 atom stereocenters. The molecule has 0 radical (unpaired) electrons. The smallest absolute Gasteiger partial charge is 0.265 e. The van der Waals surface area contributed by atoms with Crippen molar-refractivity contribution in [1.82, 2.24) is 14.8 Å². The van der Waals surface area contributed by atoms with Crippen LogP contribution in [0.3, 0.4) is 0 Å². The molecular weight excluding hydrogens is 548 g/mol. The molecule has 0 bridgehead atoms. The highest BCUT2D eigenvalue weighted by atomic mass is 32.2. The molecule has 8 nitrogen and oxygen atoms in total. The molecule has 4 aromatic rings. The fraction of sp³-hybridized carbons (Fsp3) is 0.333. The van der Waals surface area contributed by atoms with Crippen molar-refractivity contribution in [1.29, 1.82) is 0 Å². The number of nitrogens with one attached hydrogen (secondary N) is 1. The Labute approximate surface area is 228 Å². The van der Waals surface area contributed by atoms with Gasteiger partial charge in [-0.25, -0.2) is 31.0 Å². The van der Waals surface area contributed by atoms with Crippen molar-refractivity contribution < 1.29 is 26.0 Å². The van der Waals surface area contributed by atoms with Crippen molar-refractivity contribution >= 4 is 32.4 Å². The molecule has 5 rings (SSSR count). The summed E-state index contributed by atoms with van der Waals surface area (Å²) in [7, 11) is -4.78. The van der Waals surface area contributed by atoms with Gasteiger partial charge in [-0.15, -0.1) is 0 Å². The van der Waals surface area contributed by atoms with Gasteiger partial charge >= 0.3 is 0 Å². The number of pyridine rings is 1. The van der Waals surface area contributed by atoms with Crippen molar-refractivity contribution in [3.63, 3.8) is 0 Å². The molecule has 1 saturated carbocycles. The van der Waals surface area contributed by atoms with Crippen LogP contribution in [0.4, 0.5) is 29.1 Å². The van der Waals surface area contributed by atoms with Gasteiger partial charge in [0.2, 0.25) is 0 Å². The van der Waals surface area contributed by atoms with Gasteiger partial charge in [0.05, 0.1) is 16.6 Å². The van der Waals surface area contributed by atoms with E-state index in [0.717, 1.165) is 43.4 Å². The van der Waals surface area contributed by atoms with Crippen molar-refractivity contribution in [3.8, 4) is 11.3 Å². The highest BCUT2D eigenvalue weighted by Gasteiger charge is 2.29. The SMILES string of the molecule is CC(C)n1nc(-c2cc(F)c(NS(=O)(=O)c3cc(F)ccc3F)cc2F)c2c(N)ncc(C3CCC(N)CC3)c21. The standard InChI is InChI=1S/C27H28F4N6O2S/c1-13(2)37-26-18(14-3-6-16(32)7-4-14)12-34-27(33)24(26)25(35-37)17-10-21(31)22(11-20(17)30)36-40(38,39)23-9-15(28)5-8-19(23)29/h5,8-14,16,36H,3-4,6-7,32H2,1-2H3,(H2,33,34). The molecule has 2 aromatic heterocycles. The summed E-state index contributed by atoms with van der Waals surface area (Å²) in [5.74, 6) is -4.22. The van der Waals surface area contributed by atoms with Gasteiger partial charge < -0.3 is 11.5 Å². The van der Waals surface area contributed by atoms with Gasteiger partial charge in [0.1, 0.15) is 39.7 Å². The number of hydrogen-bond donors (Lipinski definition) is 3. The minimum atomic E-state index is -4.78. The van der Waals surface area contributed by atoms with Gasteiger partial charge in [-0.1, -0.05) is 0 Å². The average Bonchev–Trinajstić information content (AvgIpc) is 3.30. The maximum Gasteiger partial charge on any atom is 0.265 e. The van der Waals surface area contributed by atoms with Crippen LogP contribution >= 0.6 is 0 Å². The second-order valence-corrected chi connectivity index (χ2v) is 12.0. The number of nitrogens with two attached hydrogens (primary N) is 2. The highest BCUT2D eigenvalue weighted by molar-refractivity contribution is 7.92. The molecule has 1 aliphatic rings. The lowest BCUT2D eigenvalue weighted by molar-refractivity contribution is 0.395. The van der Waals surface area contributed by atoms with Crippen molar-refractivity contribution in [3.05, 3.63) is 65.4 Å². The number of sulfonamides is 1. The third kappa shape index (κ3) is 4.99. The third-order valence-corrected chi connectivity index (χ3v) is 8.60. The molecule has 2 heterocycles. The van der Waals surface area contributed by atoms with Crippen LogP contribution in [-0.4, -0.2) is 29.2 Å². The van der Waals surface area contributed by atoms with Gasteiger partial charge in [-0.05, 0) is 75.3 Å². The first-order chi connectivity index (χ1) is 18.9. The van der Waals surface area contributed by atoms with Crippen molar-refractivity contribution in [2.45, 2.75) is 62.4 Å². The number of benzene rings is 2. The quantitative estimate of drug-likeness (QED) is 0.256. The zero-order chi connectivity index (χ0) is 28.9. The molecule has 0 spiro atoms. The zero-order valence-electron chi connectivity index (χ0n) is 21.8. The van der Waals surface area contributed by atoms with Crippen LogP contribution in [0.2, 0.25) is 0 Å². The predicted molar refractivity (Wildman–Crippen MR) is 144 cm³/mol. The lowest BCUT2D eigenvalue weighted by Crippen LogP contribution is -2.26. The third-order valence-electron chi connectivity index (χ3n) is 7.22. The largest absolute Gasteiger partial charge is 0.383 e. The van der Waals surface area contributed by atoms with E-state index in [1.807, 2.05) is 13.8 Å². The molecule has 2 aromatic carbocycles. The fourth-order valence-corrected chi connectivity index (χ4v) is 6.35. The van der Waals surface area contributed by atoms with Gasteiger partial charge in [-0.3, -0.25) is 9.40 Å². The molecule has 13 heteroatoms. The summed E-state index contributed by atoms with van der Waals surface area (Å²) in [4.78, 5) is 3.30. The summed E-state index contributed by atoms with van der Waals surface area (Å²) in [5, 5.41) is 4.96. The maximum atomic E-state index is 15.5. The summed E-state index contributed by atoms with van der Waals surface area (Å²) in [5.41, 5.74) is 12.9. The van der Waals surface area contributed by atoms with Crippen LogP contribution in [0.1, 0.15) is 57.1 Å². The molecule has 0 amide bonds. The van der Waals surface area contributed by atoms with E-state index in [4.69, 9.17) is 11.5 Å². The molecule has 5 N–H and O–H groups in total. The summed E-state index contributed by atoms with van der Waals surface area (Å²) in [6.45, 7) is 3.79. The monoisotopic (exact) mass is 576 g/mol. The fourth-order valence-electron chi connectivity index (χ4n) is 5.20. The summed E-state index contributed by atoms with van der Waals surface area (Å²) in [6, 6.07) is 3.17. The summed E-state index contributed by atoms with van der Waals surface area (Å²) >= 11 is 0. The first-order valence-electron chi connectivity index (χ1n) is 12.8.